The summed E-state index contributed by atoms with van der Waals surface area (Å²) in [7, 11) is -2.26. The number of likely N-dealkylation sites (N-methyl/N-ethyl adjacent to an activating group) is 1. The Bertz CT molecular complexity index is 529. The number of pyridine rings is 1. The Morgan fingerprint density at radius 2 is 2.11 bits per heavy atom. The Morgan fingerprint density at radius 3 is 2.63 bits per heavy atom. The van der Waals surface area contributed by atoms with Crippen LogP contribution in [0.5, 0.6) is 0 Å². The number of sulfonamides is 1. The van der Waals surface area contributed by atoms with E-state index in [9.17, 15) is 13.5 Å². The van der Waals surface area contributed by atoms with E-state index < -0.39 is 15.6 Å². The summed E-state index contributed by atoms with van der Waals surface area (Å²) in [5, 5.41) is 12.3. The van der Waals surface area contributed by atoms with Crippen LogP contribution in [0.1, 0.15) is 20.8 Å². The minimum absolute atomic E-state index is 0.112. The van der Waals surface area contributed by atoms with Gasteiger partial charge in [0.25, 0.3) is 0 Å². The minimum Gasteiger partial charge on any atom is -0.394 e. The summed E-state index contributed by atoms with van der Waals surface area (Å²) in [6, 6.07) is 1.62. The molecular weight excluding hydrogens is 266 g/mol. The molecule has 0 amide bonds. The summed E-state index contributed by atoms with van der Waals surface area (Å²) in [5.74, 6) is 0. The first-order valence-corrected chi connectivity index (χ1v) is 7.49. The van der Waals surface area contributed by atoms with Crippen molar-refractivity contribution in [2.75, 3.05) is 25.5 Å². The van der Waals surface area contributed by atoms with E-state index >= 15 is 0 Å². The average molecular weight is 287 g/mol. The fraction of sp³-hybridized carbons (Fsp3) is 0.583. The van der Waals surface area contributed by atoms with Crippen molar-refractivity contribution in [3.8, 4) is 0 Å². The molecule has 0 spiro atoms. The van der Waals surface area contributed by atoms with Gasteiger partial charge in [-0.3, -0.25) is 4.98 Å². The van der Waals surface area contributed by atoms with Crippen LogP contribution in [0.3, 0.4) is 0 Å². The highest BCUT2D eigenvalue weighted by atomic mass is 32.2. The lowest BCUT2D eigenvalue weighted by Crippen LogP contribution is -2.47. The molecule has 0 aliphatic carbocycles. The molecule has 0 saturated heterocycles. The number of aromatic nitrogens is 1. The summed E-state index contributed by atoms with van der Waals surface area (Å²) in [4.78, 5) is 3.99. The molecule has 0 aliphatic rings. The van der Waals surface area contributed by atoms with E-state index in [0.717, 1.165) is 4.31 Å². The molecule has 0 unspecified atom stereocenters. The van der Waals surface area contributed by atoms with Gasteiger partial charge in [-0.25, -0.2) is 8.42 Å². The van der Waals surface area contributed by atoms with Crippen molar-refractivity contribution >= 4 is 15.7 Å². The zero-order valence-corrected chi connectivity index (χ0v) is 12.5. The van der Waals surface area contributed by atoms with Crippen molar-refractivity contribution in [1.29, 1.82) is 0 Å². The highest BCUT2D eigenvalue weighted by molar-refractivity contribution is 7.89. The highest BCUT2D eigenvalue weighted by Crippen LogP contribution is 2.27. The summed E-state index contributed by atoms with van der Waals surface area (Å²) in [5.41, 5.74) is -0.365. The van der Waals surface area contributed by atoms with Crippen molar-refractivity contribution in [2.24, 2.45) is 0 Å². The van der Waals surface area contributed by atoms with Gasteiger partial charge in [-0.2, -0.15) is 4.31 Å². The number of nitrogens with one attached hydrogen (secondary N) is 1. The third kappa shape index (κ3) is 3.23. The van der Waals surface area contributed by atoms with Crippen LogP contribution in [0.25, 0.3) is 0 Å². The fourth-order valence-corrected chi connectivity index (χ4v) is 3.11. The molecule has 1 aromatic rings. The van der Waals surface area contributed by atoms with Gasteiger partial charge in [0, 0.05) is 26.0 Å². The fourth-order valence-electron chi connectivity index (χ4n) is 1.49. The average Bonchev–Trinajstić information content (AvgIpc) is 2.38. The number of nitrogens with zero attached hydrogens (tertiary/aromatic N) is 2. The van der Waals surface area contributed by atoms with E-state index in [1.54, 1.807) is 19.9 Å². The Labute approximate surface area is 114 Å². The van der Waals surface area contributed by atoms with Crippen molar-refractivity contribution in [2.45, 2.75) is 31.2 Å². The lowest BCUT2D eigenvalue weighted by Gasteiger charge is -2.33. The van der Waals surface area contributed by atoms with Crippen LogP contribution in [0.15, 0.2) is 23.4 Å². The number of hydrogen-bond donors (Lipinski definition) is 2. The number of rotatable bonds is 6. The van der Waals surface area contributed by atoms with Crippen molar-refractivity contribution in [3.05, 3.63) is 18.5 Å². The molecule has 0 fully saturated rings. The van der Waals surface area contributed by atoms with Gasteiger partial charge in [0.1, 0.15) is 4.90 Å². The molecular formula is C12H21N3O3S. The monoisotopic (exact) mass is 287 g/mol. The van der Waals surface area contributed by atoms with Crippen LogP contribution in [0.2, 0.25) is 0 Å². The molecule has 6 nitrogen and oxygen atoms in total. The lowest BCUT2D eigenvalue weighted by molar-refractivity contribution is 0.138. The lowest BCUT2D eigenvalue weighted by atomic mass is 10.1. The molecule has 19 heavy (non-hydrogen) atoms. The van der Waals surface area contributed by atoms with Crippen LogP contribution >= 0.6 is 0 Å². The van der Waals surface area contributed by atoms with Gasteiger partial charge in [0.05, 0.1) is 17.8 Å². The predicted octanol–water partition coefficient (Wildman–Crippen LogP) is 0.905. The third-order valence-electron chi connectivity index (χ3n) is 3.03. The normalized spacial score (nSPS) is 12.7. The zero-order valence-electron chi connectivity index (χ0n) is 11.7. The minimum atomic E-state index is -3.71. The van der Waals surface area contributed by atoms with Gasteiger partial charge in [-0.05, 0) is 26.8 Å². The molecule has 1 rings (SSSR count). The second kappa shape index (κ2) is 5.85. The summed E-state index contributed by atoms with van der Waals surface area (Å²) in [6.07, 6.45) is 2.85. The van der Waals surface area contributed by atoms with Crippen LogP contribution in [-0.2, 0) is 10.0 Å². The van der Waals surface area contributed by atoms with Crippen LogP contribution in [-0.4, -0.2) is 48.6 Å². The highest BCUT2D eigenvalue weighted by Gasteiger charge is 2.34. The first-order valence-electron chi connectivity index (χ1n) is 6.05. The van der Waals surface area contributed by atoms with Gasteiger partial charge < -0.3 is 10.4 Å². The Balaban J connectivity index is 3.28. The number of aliphatic hydroxyl groups excluding tert-OH is 1. The van der Waals surface area contributed by atoms with E-state index in [-0.39, 0.29) is 11.5 Å². The van der Waals surface area contributed by atoms with E-state index in [2.05, 4.69) is 10.3 Å². The van der Waals surface area contributed by atoms with Crippen molar-refractivity contribution < 1.29 is 13.5 Å². The maximum absolute atomic E-state index is 12.6. The first-order chi connectivity index (χ1) is 8.77. The topological polar surface area (TPSA) is 82.5 Å². The Hall–Kier alpha value is -1.18. The molecule has 0 aromatic carbocycles. The molecule has 2 N–H and O–H groups in total. The maximum Gasteiger partial charge on any atom is 0.246 e. The molecule has 108 valence electrons. The molecule has 1 aromatic heterocycles. The summed E-state index contributed by atoms with van der Waals surface area (Å²) < 4.78 is 26.3. The van der Waals surface area contributed by atoms with Gasteiger partial charge in [-0.1, -0.05) is 0 Å². The predicted molar refractivity (Wildman–Crippen MR) is 74.5 cm³/mol. The van der Waals surface area contributed by atoms with Crippen molar-refractivity contribution in [3.63, 3.8) is 0 Å². The maximum atomic E-state index is 12.6. The number of aliphatic hydroxyl groups is 1. The molecule has 7 heteroatoms. The summed E-state index contributed by atoms with van der Waals surface area (Å²) >= 11 is 0. The van der Waals surface area contributed by atoms with Gasteiger partial charge in [-0.15, -0.1) is 0 Å². The van der Waals surface area contributed by atoms with E-state index in [1.165, 1.54) is 19.4 Å². The Kier molecular flexibility index (Phi) is 4.89. The molecule has 1 heterocycles. The molecule has 0 aliphatic heterocycles. The van der Waals surface area contributed by atoms with Crippen LogP contribution < -0.4 is 5.32 Å². The number of anilines is 1. The van der Waals surface area contributed by atoms with Crippen LogP contribution in [0.4, 0.5) is 5.69 Å². The SMILES string of the molecule is CCNc1ccncc1S(=O)(=O)N(C)C(C)(C)CO. The smallest absolute Gasteiger partial charge is 0.246 e. The van der Waals surface area contributed by atoms with E-state index in [4.69, 9.17) is 0 Å². The number of hydrogen-bond acceptors (Lipinski definition) is 5. The van der Waals surface area contributed by atoms with E-state index in [1.807, 2.05) is 6.92 Å². The molecule has 0 bridgehead atoms. The molecule has 0 radical (unpaired) electrons. The second-order valence-electron chi connectivity index (χ2n) is 4.85. The standard InChI is InChI=1S/C12H21N3O3S/c1-5-14-10-6-7-13-8-11(10)19(17,18)15(4)12(2,3)9-16/h6-8,16H,5,9H2,1-4H3,(H,13,14). The zero-order chi connectivity index (χ0) is 14.7. The van der Waals surface area contributed by atoms with Crippen LogP contribution in [0, 0.1) is 0 Å². The largest absolute Gasteiger partial charge is 0.394 e. The third-order valence-corrected chi connectivity index (χ3v) is 5.13. The Morgan fingerprint density at radius 1 is 1.47 bits per heavy atom. The van der Waals surface area contributed by atoms with Gasteiger partial charge >= 0.3 is 0 Å². The quantitative estimate of drug-likeness (QED) is 0.812. The van der Waals surface area contributed by atoms with E-state index in [0.29, 0.717) is 12.2 Å². The van der Waals surface area contributed by atoms with Gasteiger partial charge in [0.2, 0.25) is 10.0 Å². The molecule has 0 atom stereocenters. The second-order valence-corrected chi connectivity index (χ2v) is 6.78. The summed E-state index contributed by atoms with van der Waals surface area (Å²) in [6.45, 7) is 5.55. The van der Waals surface area contributed by atoms with Gasteiger partial charge in [0.15, 0.2) is 0 Å². The van der Waals surface area contributed by atoms with Crippen molar-refractivity contribution in [1.82, 2.24) is 9.29 Å². The first kappa shape index (κ1) is 15.9. The molecule has 0 saturated carbocycles.